The van der Waals surface area contributed by atoms with Gasteiger partial charge in [-0.3, -0.25) is 4.79 Å². The molecule has 4 unspecified atom stereocenters. The number of hydrogen-bond donors (Lipinski definition) is 2. The highest BCUT2D eigenvalue weighted by Gasteiger charge is 2.39. The van der Waals surface area contributed by atoms with Crippen LogP contribution in [-0.2, 0) is 4.79 Å². The van der Waals surface area contributed by atoms with E-state index in [0.29, 0.717) is 13.0 Å². The topological polar surface area (TPSA) is 52.6 Å². The first kappa shape index (κ1) is 16.8. The number of hydrogen-bond acceptors (Lipinski definition) is 3. The summed E-state index contributed by atoms with van der Waals surface area (Å²) in [6.07, 6.45) is 7.44. The molecule has 0 spiro atoms. The van der Waals surface area contributed by atoms with E-state index in [1.165, 1.54) is 32.2 Å². The predicted octanol–water partition coefficient (Wildman–Crippen LogP) is 2.59. The van der Waals surface area contributed by atoms with Gasteiger partial charge in [-0.2, -0.15) is 0 Å². The zero-order valence-corrected chi connectivity index (χ0v) is 13.9. The third-order valence-electron chi connectivity index (χ3n) is 5.69. The molecule has 0 heterocycles. The van der Waals surface area contributed by atoms with E-state index in [-0.39, 0.29) is 0 Å². The Morgan fingerprint density at radius 3 is 2.67 bits per heavy atom. The lowest BCUT2D eigenvalue weighted by Crippen LogP contribution is -2.49. The fourth-order valence-corrected chi connectivity index (χ4v) is 4.46. The Labute approximate surface area is 129 Å². The molecule has 4 atom stereocenters. The van der Waals surface area contributed by atoms with Crippen LogP contribution in [0.4, 0.5) is 0 Å². The second-order valence-electron chi connectivity index (χ2n) is 7.47. The maximum absolute atomic E-state index is 11.4. The number of carboxylic acid groups (broad SMARTS) is 1. The molecule has 2 N–H and O–H groups in total. The molecule has 0 aromatic rings. The second kappa shape index (κ2) is 7.10. The molecule has 4 nitrogen and oxygen atoms in total. The van der Waals surface area contributed by atoms with Crippen LogP contribution in [0.5, 0.6) is 0 Å². The normalized spacial score (nSPS) is 30.8. The average molecular weight is 296 g/mol. The smallest absolute Gasteiger partial charge is 0.323 e. The lowest BCUT2D eigenvalue weighted by molar-refractivity contribution is -0.144. The second-order valence-corrected chi connectivity index (χ2v) is 7.47. The minimum Gasteiger partial charge on any atom is -0.480 e. The van der Waals surface area contributed by atoms with E-state index in [4.69, 9.17) is 0 Å². The van der Waals surface area contributed by atoms with Crippen molar-refractivity contribution in [1.82, 2.24) is 10.2 Å². The maximum atomic E-state index is 11.4. The molecule has 0 aromatic carbocycles. The van der Waals surface area contributed by atoms with Gasteiger partial charge in [-0.25, -0.2) is 0 Å². The quantitative estimate of drug-likeness (QED) is 0.687. The van der Waals surface area contributed by atoms with Crippen LogP contribution in [0.1, 0.15) is 52.4 Å². The van der Waals surface area contributed by atoms with Crippen LogP contribution in [-0.4, -0.2) is 48.2 Å². The van der Waals surface area contributed by atoms with Gasteiger partial charge in [0.05, 0.1) is 0 Å². The number of aliphatic carboxylic acids is 1. The number of fused-ring (bicyclic) bond motifs is 2. The fourth-order valence-electron chi connectivity index (χ4n) is 4.46. The summed E-state index contributed by atoms with van der Waals surface area (Å²) in [7, 11) is 2.19. The lowest BCUT2D eigenvalue weighted by Gasteiger charge is -2.29. The summed E-state index contributed by atoms with van der Waals surface area (Å²) in [5.41, 5.74) is -0.776. The van der Waals surface area contributed by atoms with E-state index in [0.717, 1.165) is 30.7 Å². The summed E-state index contributed by atoms with van der Waals surface area (Å²) in [5, 5.41) is 12.5. The molecule has 0 radical (unpaired) electrons. The van der Waals surface area contributed by atoms with Crippen molar-refractivity contribution in [2.24, 2.45) is 17.8 Å². The summed E-state index contributed by atoms with van der Waals surface area (Å²) in [6.45, 7) is 6.66. The molecule has 2 rings (SSSR count). The minimum absolute atomic E-state index is 0.692. The predicted molar refractivity (Wildman–Crippen MR) is 85.4 cm³/mol. The summed E-state index contributed by atoms with van der Waals surface area (Å²) in [6, 6.07) is 0. The van der Waals surface area contributed by atoms with Crippen LogP contribution >= 0.6 is 0 Å². The molecule has 0 aromatic heterocycles. The Hall–Kier alpha value is -0.610. The third kappa shape index (κ3) is 4.19. The SMILES string of the molecule is CCNC(C)(CCCN(C)CC1CC2CCC1C2)C(=O)O. The molecule has 2 fully saturated rings. The van der Waals surface area contributed by atoms with Crippen molar-refractivity contribution in [3.63, 3.8) is 0 Å². The zero-order valence-electron chi connectivity index (χ0n) is 13.9. The summed E-state index contributed by atoms with van der Waals surface area (Å²) in [5.74, 6) is 2.15. The van der Waals surface area contributed by atoms with Gasteiger partial charge in [0.15, 0.2) is 0 Å². The molecule has 122 valence electrons. The molecule has 0 amide bonds. The van der Waals surface area contributed by atoms with E-state index in [2.05, 4.69) is 17.3 Å². The van der Waals surface area contributed by atoms with Crippen molar-refractivity contribution in [1.29, 1.82) is 0 Å². The van der Waals surface area contributed by atoms with E-state index < -0.39 is 11.5 Å². The number of rotatable bonds is 9. The maximum Gasteiger partial charge on any atom is 0.323 e. The van der Waals surface area contributed by atoms with Crippen LogP contribution < -0.4 is 5.32 Å². The molecular weight excluding hydrogens is 264 g/mol. The number of carbonyl (C=O) groups is 1. The Kier molecular flexibility index (Phi) is 5.67. The number of likely N-dealkylation sites (N-methyl/N-ethyl adjacent to an activating group) is 1. The van der Waals surface area contributed by atoms with Gasteiger partial charge in [0, 0.05) is 6.54 Å². The molecule has 21 heavy (non-hydrogen) atoms. The molecule has 0 aliphatic heterocycles. The number of nitrogens with one attached hydrogen (secondary N) is 1. The van der Waals surface area contributed by atoms with Crippen LogP contribution in [0.3, 0.4) is 0 Å². The van der Waals surface area contributed by atoms with Crippen LogP contribution in [0, 0.1) is 17.8 Å². The van der Waals surface area contributed by atoms with Gasteiger partial charge in [0.2, 0.25) is 0 Å². The third-order valence-corrected chi connectivity index (χ3v) is 5.69. The standard InChI is InChI=1S/C17H32N2O2/c1-4-18-17(2,16(20)21)8-5-9-19(3)12-15-11-13-6-7-14(15)10-13/h13-15,18H,4-12H2,1-3H3,(H,20,21). The van der Waals surface area contributed by atoms with Gasteiger partial charge >= 0.3 is 5.97 Å². The van der Waals surface area contributed by atoms with Crippen molar-refractivity contribution >= 4 is 5.97 Å². The fraction of sp³-hybridized carbons (Fsp3) is 0.941. The van der Waals surface area contributed by atoms with Crippen molar-refractivity contribution in [2.75, 3.05) is 26.7 Å². The van der Waals surface area contributed by atoms with Crippen LogP contribution in [0.25, 0.3) is 0 Å². The number of carboxylic acids is 1. The van der Waals surface area contributed by atoms with Crippen molar-refractivity contribution < 1.29 is 9.90 Å². The minimum atomic E-state index is -0.776. The number of nitrogens with zero attached hydrogens (tertiary/aromatic N) is 1. The Bertz CT molecular complexity index is 361. The Morgan fingerprint density at radius 1 is 1.38 bits per heavy atom. The zero-order chi connectivity index (χ0) is 15.5. The first-order valence-electron chi connectivity index (χ1n) is 8.61. The van der Waals surface area contributed by atoms with Gasteiger partial charge in [-0.15, -0.1) is 0 Å². The highest BCUT2D eigenvalue weighted by Crippen LogP contribution is 2.48. The molecule has 2 aliphatic carbocycles. The monoisotopic (exact) mass is 296 g/mol. The molecule has 2 saturated carbocycles. The Morgan fingerprint density at radius 2 is 2.14 bits per heavy atom. The molecule has 2 bridgehead atoms. The van der Waals surface area contributed by atoms with Gasteiger partial charge in [-0.1, -0.05) is 13.3 Å². The first-order valence-corrected chi connectivity index (χ1v) is 8.61. The summed E-state index contributed by atoms with van der Waals surface area (Å²) < 4.78 is 0. The van der Waals surface area contributed by atoms with Gasteiger partial charge in [0.1, 0.15) is 5.54 Å². The van der Waals surface area contributed by atoms with Crippen molar-refractivity contribution in [3.8, 4) is 0 Å². The Balaban J connectivity index is 1.69. The van der Waals surface area contributed by atoms with E-state index in [9.17, 15) is 9.90 Å². The van der Waals surface area contributed by atoms with Gasteiger partial charge in [-0.05, 0) is 76.9 Å². The van der Waals surface area contributed by atoms with Gasteiger partial charge < -0.3 is 15.3 Å². The highest BCUT2D eigenvalue weighted by molar-refractivity contribution is 5.78. The van der Waals surface area contributed by atoms with E-state index >= 15 is 0 Å². The summed E-state index contributed by atoms with van der Waals surface area (Å²) >= 11 is 0. The first-order chi connectivity index (χ1) is 9.94. The molecule has 2 aliphatic rings. The largest absolute Gasteiger partial charge is 0.480 e. The highest BCUT2D eigenvalue weighted by atomic mass is 16.4. The summed E-state index contributed by atoms with van der Waals surface area (Å²) in [4.78, 5) is 13.8. The van der Waals surface area contributed by atoms with Crippen LogP contribution in [0.15, 0.2) is 0 Å². The average Bonchev–Trinajstić information content (AvgIpc) is 3.01. The van der Waals surface area contributed by atoms with E-state index in [1.807, 2.05) is 6.92 Å². The molecule has 4 heteroatoms. The van der Waals surface area contributed by atoms with Crippen LogP contribution in [0.2, 0.25) is 0 Å². The molecule has 0 saturated heterocycles. The molecular formula is C17H32N2O2. The van der Waals surface area contributed by atoms with Crippen molar-refractivity contribution in [3.05, 3.63) is 0 Å². The van der Waals surface area contributed by atoms with E-state index in [1.54, 1.807) is 6.92 Å². The van der Waals surface area contributed by atoms with Crippen molar-refractivity contribution in [2.45, 2.75) is 57.9 Å². The lowest BCUT2D eigenvalue weighted by atomic mass is 9.88. The van der Waals surface area contributed by atoms with Gasteiger partial charge in [0.25, 0.3) is 0 Å².